The van der Waals surface area contributed by atoms with Gasteiger partial charge in [0, 0.05) is 39.3 Å². The quantitative estimate of drug-likeness (QED) is 0.415. The fraction of sp³-hybridized carbons (Fsp3) is 0.391. The highest BCUT2D eigenvalue weighted by Crippen LogP contribution is 2.28. The van der Waals surface area contributed by atoms with Crippen LogP contribution in [-0.4, -0.2) is 29.3 Å². The summed E-state index contributed by atoms with van der Waals surface area (Å²) < 4.78 is 14.3. The number of rotatable bonds is 10. The van der Waals surface area contributed by atoms with Gasteiger partial charge >= 0.3 is 0 Å². The maximum atomic E-state index is 14.3. The zero-order chi connectivity index (χ0) is 23.0. The van der Waals surface area contributed by atoms with Crippen LogP contribution in [0.15, 0.2) is 36.4 Å². The second-order valence-corrected chi connectivity index (χ2v) is 8.39. The molecule has 1 N–H and O–H groups in total. The fourth-order valence-corrected chi connectivity index (χ4v) is 3.98. The van der Waals surface area contributed by atoms with Crippen LogP contribution in [0.25, 0.3) is 0 Å². The van der Waals surface area contributed by atoms with Crippen LogP contribution in [-0.2, 0) is 22.6 Å². The summed E-state index contributed by atoms with van der Waals surface area (Å²) in [4.78, 5) is 27.6. The predicted molar refractivity (Wildman–Crippen MR) is 124 cm³/mol. The number of carbonyl (C=O) groups excluding carboxylic acids is 2. The summed E-state index contributed by atoms with van der Waals surface area (Å²) in [6.07, 6.45) is 1.85. The molecule has 0 aliphatic heterocycles. The largest absolute Gasteiger partial charge is 0.354 e. The molecular weight excluding hydrogens is 462 g/mol. The van der Waals surface area contributed by atoms with Gasteiger partial charge in [-0.05, 0) is 37.1 Å². The molecule has 0 bridgehead atoms. The Kier molecular flexibility index (Phi) is 10.1. The molecule has 31 heavy (non-hydrogen) atoms. The number of unbranched alkanes of at least 4 members (excludes halogenated alkanes) is 1. The van der Waals surface area contributed by atoms with Gasteiger partial charge in [0.15, 0.2) is 0 Å². The maximum Gasteiger partial charge on any atom is 0.242 e. The van der Waals surface area contributed by atoms with Gasteiger partial charge in [0.1, 0.15) is 11.9 Å². The third-order valence-corrected chi connectivity index (χ3v) is 6.06. The molecule has 2 rings (SSSR count). The Morgan fingerprint density at radius 1 is 1.00 bits per heavy atom. The Morgan fingerprint density at radius 2 is 1.58 bits per heavy atom. The van der Waals surface area contributed by atoms with Crippen LogP contribution in [0.3, 0.4) is 0 Å². The van der Waals surface area contributed by atoms with Gasteiger partial charge in [-0.15, -0.1) is 0 Å². The minimum atomic E-state index is -0.762. The van der Waals surface area contributed by atoms with E-state index in [0.717, 1.165) is 12.8 Å². The SMILES string of the molecule is CCCCNC(=O)[C@@H](CC)N(Cc1c(Cl)cccc1Cl)C(=O)Cc1c(F)cccc1Cl. The molecular formula is C23H26Cl3FN2O2. The third kappa shape index (κ3) is 6.83. The third-order valence-electron chi connectivity index (χ3n) is 5.00. The summed E-state index contributed by atoms with van der Waals surface area (Å²) in [6, 6.07) is 8.53. The number of halogens is 4. The predicted octanol–water partition coefficient (Wildman–Crippen LogP) is 6.05. The van der Waals surface area contributed by atoms with Gasteiger partial charge in [0.2, 0.25) is 11.8 Å². The van der Waals surface area contributed by atoms with E-state index in [-0.39, 0.29) is 29.5 Å². The fourth-order valence-electron chi connectivity index (χ4n) is 3.23. The first kappa shape index (κ1) is 25.4. The minimum Gasteiger partial charge on any atom is -0.354 e. The molecule has 168 valence electrons. The average molecular weight is 488 g/mol. The number of amides is 2. The molecule has 2 amide bonds. The average Bonchev–Trinajstić information content (AvgIpc) is 2.72. The summed E-state index contributed by atoms with van der Waals surface area (Å²) in [5.41, 5.74) is 0.615. The molecule has 8 heteroatoms. The number of hydrogen-bond donors (Lipinski definition) is 1. The van der Waals surface area contributed by atoms with Gasteiger partial charge in [0.05, 0.1) is 6.42 Å². The van der Waals surface area contributed by atoms with E-state index < -0.39 is 17.8 Å². The van der Waals surface area contributed by atoms with Crippen molar-refractivity contribution in [3.8, 4) is 0 Å². The zero-order valence-electron chi connectivity index (χ0n) is 17.6. The number of hydrogen-bond acceptors (Lipinski definition) is 2. The highest BCUT2D eigenvalue weighted by atomic mass is 35.5. The van der Waals surface area contributed by atoms with Crippen molar-refractivity contribution in [3.05, 3.63) is 68.4 Å². The molecule has 0 radical (unpaired) electrons. The Bertz CT molecular complexity index is 883. The van der Waals surface area contributed by atoms with E-state index in [1.807, 2.05) is 13.8 Å². The smallest absolute Gasteiger partial charge is 0.242 e. The first-order valence-corrected chi connectivity index (χ1v) is 11.4. The topological polar surface area (TPSA) is 49.4 Å². The van der Waals surface area contributed by atoms with Gasteiger partial charge in [-0.25, -0.2) is 4.39 Å². The summed E-state index contributed by atoms with van der Waals surface area (Å²) in [5.74, 6) is -1.29. The summed E-state index contributed by atoms with van der Waals surface area (Å²) in [7, 11) is 0. The molecule has 2 aromatic carbocycles. The molecule has 4 nitrogen and oxygen atoms in total. The first-order chi connectivity index (χ1) is 14.8. The Morgan fingerprint density at radius 3 is 2.13 bits per heavy atom. The maximum absolute atomic E-state index is 14.3. The molecule has 0 heterocycles. The van der Waals surface area contributed by atoms with Crippen LogP contribution in [0, 0.1) is 5.82 Å². The highest BCUT2D eigenvalue weighted by molar-refractivity contribution is 6.36. The highest BCUT2D eigenvalue weighted by Gasteiger charge is 2.30. The van der Waals surface area contributed by atoms with Crippen molar-refractivity contribution in [1.29, 1.82) is 0 Å². The molecule has 0 aromatic heterocycles. The van der Waals surface area contributed by atoms with Crippen molar-refractivity contribution < 1.29 is 14.0 Å². The molecule has 0 spiro atoms. The first-order valence-electron chi connectivity index (χ1n) is 10.2. The zero-order valence-corrected chi connectivity index (χ0v) is 19.8. The van der Waals surface area contributed by atoms with Crippen LogP contribution < -0.4 is 5.32 Å². The van der Waals surface area contributed by atoms with Crippen LogP contribution in [0.1, 0.15) is 44.2 Å². The normalized spacial score (nSPS) is 11.8. The monoisotopic (exact) mass is 486 g/mol. The van der Waals surface area contributed by atoms with Crippen LogP contribution in [0.4, 0.5) is 4.39 Å². The lowest BCUT2D eigenvalue weighted by atomic mass is 10.1. The Hall–Kier alpha value is -1.82. The molecule has 1 atom stereocenters. The van der Waals surface area contributed by atoms with E-state index in [1.165, 1.54) is 23.1 Å². The van der Waals surface area contributed by atoms with E-state index in [9.17, 15) is 14.0 Å². The molecule has 0 fully saturated rings. The molecule has 0 unspecified atom stereocenters. The van der Waals surface area contributed by atoms with Gasteiger partial charge in [-0.3, -0.25) is 9.59 Å². The van der Waals surface area contributed by atoms with E-state index >= 15 is 0 Å². The molecule has 0 aliphatic rings. The Labute approximate surface area is 197 Å². The molecule has 0 saturated heterocycles. The lowest BCUT2D eigenvalue weighted by molar-refractivity contribution is -0.141. The molecule has 2 aromatic rings. The van der Waals surface area contributed by atoms with Gasteiger partial charge in [0.25, 0.3) is 0 Å². The van der Waals surface area contributed by atoms with Crippen LogP contribution in [0.2, 0.25) is 15.1 Å². The number of carbonyl (C=O) groups is 2. The number of nitrogens with zero attached hydrogens (tertiary/aromatic N) is 1. The second-order valence-electron chi connectivity index (χ2n) is 7.17. The number of nitrogens with one attached hydrogen (secondary N) is 1. The second kappa shape index (κ2) is 12.3. The van der Waals surface area contributed by atoms with Crippen LogP contribution >= 0.6 is 34.8 Å². The van der Waals surface area contributed by atoms with Crippen LogP contribution in [0.5, 0.6) is 0 Å². The summed E-state index contributed by atoms with van der Waals surface area (Å²) >= 11 is 18.7. The number of benzene rings is 2. The van der Waals surface area contributed by atoms with Crippen molar-refractivity contribution in [2.75, 3.05) is 6.54 Å². The van der Waals surface area contributed by atoms with E-state index in [1.54, 1.807) is 18.2 Å². The molecule has 0 aliphatic carbocycles. The van der Waals surface area contributed by atoms with E-state index in [0.29, 0.717) is 28.6 Å². The minimum absolute atomic E-state index is 0.0170. The van der Waals surface area contributed by atoms with Crippen molar-refractivity contribution in [2.45, 2.75) is 52.1 Å². The summed E-state index contributed by atoms with van der Waals surface area (Å²) in [6.45, 7) is 4.37. The van der Waals surface area contributed by atoms with Gasteiger partial charge in [-0.2, -0.15) is 0 Å². The lowest BCUT2D eigenvalue weighted by Gasteiger charge is -2.31. The van der Waals surface area contributed by atoms with Crippen molar-refractivity contribution in [2.24, 2.45) is 0 Å². The lowest BCUT2D eigenvalue weighted by Crippen LogP contribution is -2.49. The van der Waals surface area contributed by atoms with Crippen molar-refractivity contribution >= 4 is 46.6 Å². The van der Waals surface area contributed by atoms with Crippen molar-refractivity contribution in [3.63, 3.8) is 0 Å². The van der Waals surface area contributed by atoms with Crippen molar-refractivity contribution in [1.82, 2.24) is 10.2 Å². The Balaban J connectivity index is 2.38. The van der Waals surface area contributed by atoms with Gasteiger partial charge in [-0.1, -0.05) is 67.2 Å². The molecule has 0 saturated carbocycles. The van der Waals surface area contributed by atoms with E-state index in [4.69, 9.17) is 34.8 Å². The van der Waals surface area contributed by atoms with Gasteiger partial charge < -0.3 is 10.2 Å². The summed E-state index contributed by atoms with van der Waals surface area (Å²) in [5, 5.41) is 3.80. The van der Waals surface area contributed by atoms with E-state index in [2.05, 4.69) is 5.32 Å². The standard InChI is InChI=1S/C23H26Cl3FN2O2/c1-3-5-12-28-23(31)21(4-2)29(14-16-18(25)8-6-9-19(16)26)22(30)13-15-17(24)10-7-11-20(15)27/h6-11,21H,3-5,12-14H2,1-2H3,(H,28,31)/t21-/m1/s1.